The summed E-state index contributed by atoms with van der Waals surface area (Å²) in [4.78, 5) is 28.0. The Morgan fingerprint density at radius 2 is 2.00 bits per heavy atom. The van der Waals surface area contributed by atoms with E-state index in [1.54, 1.807) is 0 Å². The Hall–Kier alpha value is -2.37. The number of aryl methyl sites for hydroxylation is 1. The van der Waals surface area contributed by atoms with Gasteiger partial charge in [0.15, 0.2) is 0 Å². The van der Waals surface area contributed by atoms with Gasteiger partial charge in [0.25, 0.3) is 0 Å². The van der Waals surface area contributed by atoms with E-state index in [0.717, 1.165) is 16.9 Å². The van der Waals surface area contributed by atoms with E-state index in [1.807, 2.05) is 56.6 Å². The molecule has 0 spiro atoms. The molecule has 6 nitrogen and oxygen atoms in total. The number of carbonyl (C=O) groups is 2. The van der Waals surface area contributed by atoms with Crippen LogP contribution in [0.5, 0.6) is 0 Å². The Labute approximate surface area is 136 Å². The van der Waals surface area contributed by atoms with Gasteiger partial charge in [-0.1, -0.05) is 26.8 Å². The second-order valence-corrected chi connectivity index (χ2v) is 6.69. The molecule has 23 heavy (non-hydrogen) atoms. The highest BCUT2D eigenvalue weighted by molar-refractivity contribution is 5.87. The lowest BCUT2D eigenvalue weighted by Crippen LogP contribution is -2.42. The molecule has 0 aliphatic rings. The van der Waals surface area contributed by atoms with Crippen LogP contribution in [0, 0.1) is 12.3 Å². The maximum Gasteiger partial charge on any atom is 0.239 e. The number of nitrogens with one attached hydrogen (secondary N) is 2. The van der Waals surface area contributed by atoms with Crippen molar-refractivity contribution < 1.29 is 9.59 Å². The summed E-state index contributed by atoms with van der Waals surface area (Å²) in [6.07, 6.45) is 4.58. The molecule has 2 N–H and O–H groups in total. The van der Waals surface area contributed by atoms with Crippen molar-refractivity contribution in [1.82, 2.24) is 20.0 Å². The van der Waals surface area contributed by atoms with Crippen LogP contribution in [-0.2, 0) is 16.0 Å². The van der Waals surface area contributed by atoms with Crippen molar-refractivity contribution in [2.45, 2.75) is 34.1 Å². The smallest absolute Gasteiger partial charge is 0.239 e. The van der Waals surface area contributed by atoms with Crippen LogP contribution in [0.15, 0.2) is 24.5 Å². The summed E-state index contributed by atoms with van der Waals surface area (Å²) in [5.41, 5.74) is 2.49. The molecule has 124 valence electrons. The number of hydrogen-bond donors (Lipinski definition) is 2. The third-order valence-electron chi connectivity index (χ3n) is 3.52. The van der Waals surface area contributed by atoms with Gasteiger partial charge < -0.3 is 15.0 Å². The minimum atomic E-state index is -0.491. The van der Waals surface area contributed by atoms with Crippen molar-refractivity contribution >= 4 is 17.5 Å². The predicted molar refractivity (Wildman–Crippen MR) is 89.1 cm³/mol. The fraction of sp³-hybridized carbons (Fsp3) is 0.471. The van der Waals surface area contributed by atoms with Gasteiger partial charge in [-0.15, -0.1) is 0 Å². The maximum absolute atomic E-state index is 11.7. The third kappa shape index (κ3) is 4.55. The van der Waals surface area contributed by atoms with Gasteiger partial charge >= 0.3 is 0 Å². The number of imidazole rings is 1. The van der Waals surface area contributed by atoms with Crippen LogP contribution in [0.2, 0.25) is 0 Å². The molecule has 0 saturated heterocycles. The minimum absolute atomic E-state index is 0.000375. The largest absolute Gasteiger partial charge is 0.354 e. The first kappa shape index (κ1) is 17.0. The van der Waals surface area contributed by atoms with Crippen LogP contribution in [0.3, 0.4) is 0 Å². The average molecular weight is 316 g/mol. The number of pyridine rings is 1. The fourth-order valence-electron chi connectivity index (χ4n) is 2.14. The first-order valence-electron chi connectivity index (χ1n) is 7.75. The first-order chi connectivity index (χ1) is 10.8. The van der Waals surface area contributed by atoms with Crippen LogP contribution in [0.25, 0.3) is 5.65 Å². The number of fused-ring (bicyclic) bond motifs is 1. The number of carbonyl (C=O) groups excluding carboxylic acids is 2. The normalized spacial score (nSPS) is 11.5. The van der Waals surface area contributed by atoms with Crippen molar-refractivity contribution in [3.63, 3.8) is 0 Å². The molecule has 2 amide bonds. The first-order valence-corrected chi connectivity index (χ1v) is 7.75. The standard InChI is InChI=1S/C17H24N4O2/c1-12-6-5-9-21-11-13(20-15(12)21)7-8-18-14(22)10-19-16(23)17(2,3)4/h5-6,9,11H,7-8,10H2,1-4H3,(H,18,22)(H,19,23). The summed E-state index contributed by atoms with van der Waals surface area (Å²) in [6, 6.07) is 4.00. The molecular weight excluding hydrogens is 292 g/mol. The second-order valence-electron chi connectivity index (χ2n) is 6.69. The Kier molecular flexibility index (Phi) is 5.03. The lowest BCUT2D eigenvalue weighted by molar-refractivity contribution is -0.131. The predicted octanol–water partition coefficient (Wildman–Crippen LogP) is 1.46. The highest BCUT2D eigenvalue weighted by Crippen LogP contribution is 2.12. The molecule has 6 heteroatoms. The molecule has 2 aromatic heterocycles. The van der Waals surface area contributed by atoms with E-state index in [2.05, 4.69) is 15.6 Å². The van der Waals surface area contributed by atoms with Crippen molar-refractivity contribution in [1.29, 1.82) is 0 Å². The Morgan fingerprint density at radius 3 is 2.65 bits per heavy atom. The van der Waals surface area contributed by atoms with Crippen LogP contribution in [0.1, 0.15) is 32.0 Å². The van der Waals surface area contributed by atoms with E-state index >= 15 is 0 Å². The lowest BCUT2D eigenvalue weighted by atomic mass is 9.96. The average Bonchev–Trinajstić information content (AvgIpc) is 2.88. The number of nitrogens with zero attached hydrogens (tertiary/aromatic N) is 2. The van der Waals surface area contributed by atoms with Gasteiger partial charge in [-0.3, -0.25) is 9.59 Å². The molecule has 0 radical (unpaired) electrons. The summed E-state index contributed by atoms with van der Waals surface area (Å²) in [5.74, 6) is -0.328. The van der Waals surface area contributed by atoms with Crippen LogP contribution in [-0.4, -0.2) is 34.3 Å². The SMILES string of the molecule is Cc1cccn2cc(CCNC(=O)CNC(=O)C(C)(C)C)nc12. The van der Waals surface area contributed by atoms with E-state index in [9.17, 15) is 9.59 Å². The van der Waals surface area contributed by atoms with Gasteiger partial charge in [0.05, 0.1) is 12.2 Å². The number of amides is 2. The highest BCUT2D eigenvalue weighted by atomic mass is 16.2. The Balaban J connectivity index is 1.79. The molecule has 0 aliphatic carbocycles. The van der Waals surface area contributed by atoms with E-state index in [4.69, 9.17) is 0 Å². The number of hydrogen-bond acceptors (Lipinski definition) is 3. The summed E-state index contributed by atoms with van der Waals surface area (Å²) in [6.45, 7) is 7.95. The molecule has 2 heterocycles. The molecule has 0 aliphatic heterocycles. The van der Waals surface area contributed by atoms with Gasteiger partial charge in [0.1, 0.15) is 5.65 Å². The monoisotopic (exact) mass is 316 g/mol. The van der Waals surface area contributed by atoms with Gasteiger partial charge in [-0.25, -0.2) is 4.98 Å². The zero-order valence-corrected chi connectivity index (χ0v) is 14.1. The Bertz CT molecular complexity index is 713. The molecule has 0 bridgehead atoms. The van der Waals surface area contributed by atoms with Crippen LogP contribution < -0.4 is 10.6 Å². The molecule has 2 aromatic rings. The van der Waals surface area contributed by atoms with Crippen LogP contribution >= 0.6 is 0 Å². The highest BCUT2D eigenvalue weighted by Gasteiger charge is 2.21. The van der Waals surface area contributed by atoms with E-state index < -0.39 is 5.41 Å². The zero-order chi connectivity index (χ0) is 17.0. The summed E-state index contributed by atoms with van der Waals surface area (Å²) in [5, 5.41) is 5.42. The van der Waals surface area contributed by atoms with Crippen molar-refractivity contribution in [3.05, 3.63) is 35.8 Å². The molecule has 0 fully saturated rings. The Morgan fingerprint density at radius 1 is 1.26 bits per heavy atom. The topological polar surface area (TPSA) is 75.5 Å². The number of aromatic nitrogens is 2. The van der Waals surface area contributed by atoms with E-state index in [-0.39, 0.29) is 18.4 Å². The van der Waals surface area contributed by atoms with Crippen molar-refractivity contribution in [3.8, 4) is 0 Å². The van der Waals surface area contributed by atoms with Gasteiger partial charge in [-0.2, -0.15) is 0 Å². The van der Waals surface area contributed by atoms with Crippen molar-refractivity contribution in [2.75, 3.05) is 13.1 Å². The van der Waals surface area contributed by atoms with Gasteiger partial charge in [0.2, 0.25) is 11.8 Å². The minimum Gasteiger partial charge on any atom is -0.354 e. The molecule has 0 unspecified atom stereocenters. The molecular formula is C17H24N4O2. The van der Waals surface area contributed by atoms with E-state index in [1.165, 1.54) is 0 Å². The maximum atomic E-state index is 11.7. The quantitative estimate of drug-likeness (QED) is 0.877. The molecule has 0 aromatic carbocycles. The third-order valence-corrected chi connectivity index (χ3v) is 3.52. The molecule has 0 saturated carbocycles. The van der Waals surface area contributed by atoms with Crippen molar-refractivity contribution in [2.24, 2.45) is 5.41 Å². The number of rotatable bonds is 5. The van der Waals surface area contributed by atoms with Crippen LogP contribution in [0.4, 0.5) is 0 Å². The van der Waals surface area contributed by atoms with Gasteiger partial charge in [-0.05, 0) is 18.6 Å². The fourth-order valence-corrected chi connectivity index (χ4v) is 2.14. The zero-order valence-electron chi connectivity index (χ0n) is 14.1. The van der Waals surface area contributed by atoms with E-state index in [0.29, 0.717) is 13.0 Å². The summed E-state index contributed by atoms with van der Waals surface area (Å²) >= 11 is 0. The molecule has 2 rings (SSSR count). The van der Waals surface area contributed by atoms with Gasteiger partial charge in [0, 0.05) is 30.8 Å². The molecule has 0 atom stereocenters. The summed E-state index contributed by atoms with van der Waals surface area (Å²) in [7, 11) is 0. The summed E-state index contributed by atoms with van der Waals surface area (Å²) < 4.78 is 1.98. The second kappa shape index (κ2) is 6.81. The lowest BCUT2D eigenvalue weighted by Gasteiger charge is -2.17.